The van der Waals surface area contributed by atoms with E-state index in [9.17, 15) is 0 Å². The van der Waals surface area contributed by atoms with Crippen LogP contribution in [0.2, 0.25) is 0 Å². The number of amidine groups is 1. The maximum atomic E-state index is 7.56. The van der Waals surface area contributed by atoms with Gasteiger partial charge < -0.3 is 10.6 Å². The largest absolute Gasteiger partial charge is 0.384 e. The van der Waals surface area contributed by atoms with Crippen molar-refractivity contribution in [1.29, 1.82) is 5.41 Å². The summed E-state index contributed by atoms with van der Waals surface area (Å²) in [6, 6.07) is 3.69. The lowest BCUT2D eigenvalue weighted by molar-refractivity contribution is 0.444. The number of anilines is 1. The van der Waals surface area contributed by atoms with E-state index in [4.69, 9.17) is 11.1 Å². The zero-order valence-electron chi connectivity index (χ0n) is 9.61. The number of nitrogens with zero attached hydrogens (tertiary/aromatic N) is 2. The highest BCUT2D eigenvalue weighted by Gasteiger charge is 2.20. The van der Waals surface area contributed by atoms with Crippen molar-refractivity contribution in [3.8, 4) is 0 Å². The number of rotatable bonds is 2. The molecule has 4 heteroatoms. The van der Waals surface area contributed by atoms with Crippen molar-refractivity contribution in [2.75, 3.05) is 18.0 Å². The van der Waals surface area contributed by atoms with Gasteiger partial charge in [-0.05, 0) is 30.9 Å². The quantitative estimate of drug-likeness (QED) is 0.585. The van der Waals surface area contributed by atoms with Crippen molar-refractivity contribution >= 4 is 11.7 Å². The van der Waals surface area contributed by atoms with Gasteiger partial charge in [0.25, 0.3) is 0 Å². The summed E-state index contributed by atoms with van der Waals surface area (Å²) in [5, 5.41) is 7.56. The van der Waals surface area contributed by atoms with E-state index in [1.54, 1.807) is 6.20 Å². The molecular weight excluding hydrogens is 200 g/mol. The van der Waals surface area contributed by atoms with E-state index in [-0.39, 0.29) is 5.84 Å². The normalized spacial score (nSPS) is 20.8. The topological polar surface area (TPSA) is 66.0 Å². The minimum atomic E-state index is 0.0985. The Morgan fingerprint density at radius 1 is 1.62 bits per heavy atom. The third-order valence-electron chi connectivity index (χ3n) is 3.03. The highest BCUT2D eigenvalue weighted by Crippen LogP contribution is 2.23. The minimum Gasteiger partial charge on any atom is -0.384 e. The first-order valence-electron chi connectivity index (χ1n) is 5.73. The molecule has 0 amide bonds. The molecule has 0 bridgehead atoms. The fourth-order valence-electron chi connectivity index (χ4n) is 2.24. The van der Waals surface area contributed by atoms with Gasteiger partial charge in [-0.2, -0.15) is 0 Å². The van der Waals surface area contributed by atoms with Crippen LogP contribution in [0.5, 0.6) is 0 Å². The number of nitrogens with one attached hydrogen (secondary N) is 1. The lowest BCUT2D eigenvalue weighted by Crippen LogP contribution is -2.36. The predicted octanol–water partition coefficient (Wildman–Crippen LogP) is 1.60. The monoisotopic (exact) mass is 218 g/mol. The highest BCUT2D eigenvalue weighted by atomic mass is 15.2. The van der Waals surface area contributed by atoms with Crippen molar-refractivity contribution in [2.45, 2.75) is 19.8 Å². The van der Waals surface area contributed by atoms with Crippen LogP contribution in [-0.2, 0) is 0 Å². The molecule has 0 spiro atoms. The van der Waals surface area contributed by atoms with E-state index in [1.807, 2.05) is 12.1 Å². The van der Waals surface area contributed by atoms with Crippen LogP contribution in [0, 0.1) is 11.3 Å². The summed E-state index contributed by atoms with van der Waals surface area (Å²) in [5.74, 6) is 1.65. The van der Waals surface area contributed by atoms with Crippen molar-refractivity contribution in [3.63, 3.8) is 0 Å². The second-order valence-electron chi connectivity index (χ2n) is 4.48. The molecule has 3 N–H and O–H groups in total. The van der Waals surface area contributed by atoms with Gasteiger partial charge in [-0.25, -0.2) is 4.98 Å². The van der Waals surface area contributed by atoms with Crippen LogP contribution in [0.4, 0.5) is 5.82 Å². The Balaban J connectivity index is 2.28. The van der Waals surface area contributed by atoms with Crippen molar-refractivity contribution in [1.82, 2.24) is 4.98 Å². The molecule has 4 nitrogen and oxygen atoms in total. The van der Waals surface area contributed by atoms with E-state index in [1.165, 1.54) is 12.8 Å². The first kappa shape index (κ1) is 10.9. The molecule has 0 aromatic carbocycles. The van der Waals surface area contributed by atoms with E-state index in [0.717, 1.165) is 24.5 Å². The van der Waals surface area contributed by atoms with Crippen molar-refractivity contribution < 1.29 is 0 Å². The first-order valence-corrected chi connectivity index (χ1v) is 5.73. The third kappa shape index (κ3) is 2.15. The van der Waals surface area contributed by atoms with Crippen LogP contribution in [0.3, 0.4) is 0 Å². The Morgan fingerprint density at radius 3 is 3.12 bits per heavy atom. The molecule has 0 saturated carbocycles. The van der Waals surface area contributed by atoms with Crippen LogP contribution in [0.1, 0.15) is 25.3 Å². The molecule has 1 unspecified atom stereocenters. The number of hydrogen-bond donors (Lipinski definition) is 2. The minimum absolute atomic E-state index is 0.0985. The number of pyridine rings is 1. The van der Waals surface area contributed by atoms with Gasteiger partial charge in [0.2, 0.25) is 0 Å². The molecule has 0 radical (unpaired) electrons. The molecule has 1 aliphatic heterocycles. The van der Waals surface area contributed by atoms with Crippen LogP contribution in [0.15, 0.2) is 18.3 Å². The van der Waals surface area contributed by atoms with Gasteiger partial charge in [0, 0.05) is 19.3 Å². The molecule has 1 saturated heterocycles. The van der Waals surface area contributed by atoms with Gasteiger partial charge in [0.05, 0.1) is 5.56 Å². The Morgan fingerprint density at radius 2 is 2.44 bits per heavy atom. The summed E-state index contributed by atoms with van der Waals surface area (Å²) < 4.78 is 0. The molecule has 16 heavy (non-hydrogen) atoms. The van der Waals surface area contributed by atoms with Gasteiger partial charge in [-0.15, -0.1) is 0 Å². The Bertz CT molecular complexity index is 388. The van der Waals surface area contributed by atoms with Gasteiger partial charge in [0.1, 0.15) is 11.7 Å². The average molecular weight is 218 g/mol. The highest BCUT2D eigenvalue weighted by molar-refractivity contribution is 5.99. The Labute approximate surface area is 96.0 Å². The zero-order chi connectivity index (χ0) is 11.5. The van der Waals surface area contributed by atoms with E-state index in [0.29, 0.717) is 5.92 Å². The van der Waals surface area contributed by atoms with Crippen LogP contribution < -0.4 is 10.6 Å². The number of nitrogens with two attached hydrogens (primary N) is 1. The number of aromatic nitrogens is 1. The first-order chi connectivity index (χ1) is 7.68. The molecule has 86 valence electrons. The Kier molecular flexibility index (Phi) is 3.08. The number of hydrogen-bond acceptors (Lipinski definition) is 3. The predicted molar refractivity (Wildman–Crippen MR) is 65.9 cm³/mol. The number of nitrogen functional groups attached to an aromatic ring is 1. The van der Waals surface area contributed by atoms with Gasteiger partial charge in [0.15, 0.2) is 0 Å². The molecule has 2 rings (SSSR count). The number of piperidine rings is 1. The maximum Gasteiger partial charge on any atom is 0.139 e. The summed E-state index contributed by atoms with van der Waals surface area (Å²) in [4.78, 5) is 6.60. The molecular formula is C12H18N4. The van der Waals surface area contributed by atoms with Crippen molar-refractivity contribution in [3.05, 3.63) is 23.9 Å². The second-order valence-corrected chi connectivity index (χ2v) is 4.48. The van der Waals surface area contributed by atoms with Gasteiger partial charge in [-0.3, -0.25) is 5.41 Å². The van der Waals surface area contributed by atoms with Crippen LogP contribution in [0.25, 0.3) is 0 Å². The maximum absolute atomic E-state index is 7.56. The Hall–Kier alpha value is -1.58. The molecule has 1 aromatic heterocycles. The molecule has 2 heterocycles. The summed E-state index contributed by atoms with van der Waals surface area (Å²) in [7, 11) is 0. The molecule has 1 aromatic rings. The van der Waals surface area contributed by atoms with Gasteiger partial charge >= 0.3 is 0 Å². The standard InChI is InChI=1S/C12H18N4/c1-9-4-3-7-16(8-9)12-10(11(13)14)5-2-6-15-12/h2,5-6,9H,3-4,7-8H2,1H3,(H3,13,14). The fraction of sp³-hybridized carbons (Fsp3) is 0.500. The van der Waals surface area contributed by atoms with E-state index < -0.39 is 0 Å². The summed E-state index contributed by atoms with van der Waals surface area (Å²) in [6.07, 6.45) is 4.23. The molecule has 1 atom stereocenters. The fourth-order valence-corrected chi connectivity index (χ4v) is 2.24. The van der Waals surface area contributed by atoms with Crippen LogP contribution >= 0.6 is 0 Å². The third-order valence-corrected chi connectivity index (χ3v) is 3.03. The molecule has 1 fully saturated rings. The summed E-state index contributed by atoms with van der Waals surface area (Å²) in [5.41, 5.74) is 6.32. The average Bonchev–Trinajstić information content (AvgIpc) is 2.29. The molecule has 1 aliphatic rings. The smallest absolute Gasteiger partial charge is 0.139 e. The SMILES string of the molecule is CC1CCCN(c2ncccc2C(=N)N)C1. The zero-order valence-corrected chi connectivity index (χ0v) is 9.61. The second kappa shape index (κ2) is 4.51. The summed E-state index contributed by atoms with van der Waals surface area (Å²) >= 11 is 0. The van der Waals surface area contributed by atoms with Gasteiger partial charge in [-0.1, -0.05) is 6.92 Å². The van der Waals surface area contributed by atoms with E-state index in [2.05, 4.69) is 16.8 Å². The van der Waals surface area contributed by atoms with E-state index >= 15 is 0 Å². The summed E-state index contributed by atoms with van der Waals surface area (Å²) in [6.45, 7) is 4.28. The lowest BCUT2D eigenvalue weighted by Gasteiger charge is -2.32. The molecule has 0 aliphatic carbocycles. The lowest BCUT2D eigenvalue weighted by atomic mass is 10.00. The van der Waals surface area contributed by atoms with Crippen molar-refractivity contribution in [2.24, 2.45) is 11.7 Å². The van der Waals surface area contributed by atoms with Crippen LogP contribution in [-0.4, -0.2) is 23.9 Å².